The normalized spacial score (nSPS) is 18.6. The van der Waals surface area contributed by atoms with Gasteiger partial charge in [-0.1, -0.05) is 24.3 Å². The Morgan fingerprint density at radius 3 is 2.59 bits per heavy atom. The van der Waals surface area contributed by atoms with Crippen LogP contribution < -0.4 is 5.32 Å². The predicted octanol–water partition coefficient (Wildman–Crippen LogP) is 2.44. The van der Waals surface area contributed by atoms with E-state index in [0.717, 1.165) is 6.42 Å². The van der Waals surface area contributed by atoms with Gasteiger partial charge >= 0.3 is 0 Å². The highest BCUT2D eigenvalue weighted by molar-refractivity contribution is 5.82. The van der Waals surface area contributed by atoms with Crippen LogP contribution in [0.15, 0.2) is 24.3 Å². The molecule has 2 amide bonds. The molecule has 120 valence electrons. The highest BCUT2D eigenvalue weighted by atomic mass is 16.2. The minimum atomic E-state index is -0.183. The highest BCUT2D eigenvalue weighted by Crippen LogP contribution is 2.22. The summed E-state index contributed by atoms with van der Waals surface area (Å²) in [6.07, 6.45) is 1.61. The van der Waals surface area contributed by atoms with Gasteiger partial charge in [0, 0.05) is 24.9 Å². The zero-order valence-corrected chi connectivity index (χ0v) is 14.0. The van der Waals surface area contributed by atoms with Gasteiger partial charge in [-0.15, -0.1) is 0 Å². The van der Waals surface area contributed by atoms with Crippen LogP contribution in [0, 0.1) is 6.92 Å². The van der Waals surface area contributed by atoms with E-state index in [4.69, 9.17) is 0 Å². The molecule has 0 spiro atoms. The first-order valence-corrected chi connectivity index (χ1v) is 7.91. The third-order valence-corrected chi connectivity index (χ3v) is 4.18. The molecule has 1 aliphatic rings. The third kappa shape index (κ3) is 4.09. The maximum atomic E-state index is 12.1. The molecule has 1 unspecified atom stereocenters. The van der Waals surface area contributed by atoms with E-state index in [-0.39, 0.29) is 23.4 Å². The van der Waals surface area contributed by atoms with Crippen molar-refractivity contribution in [3.8, 4) is 0 Å². The second-order valence-corrected chi connectivity index (χ2v) is 7.07. The van der Waals surface area contributed by atoms with Crippen molar-refractivity contribution in [2.45, 2.75) is 58.5 Å². The minimum absolute atomic E-state index is 0.0248. The smallest absolute Gasteiger partial charge is 0.225 e. The lowest BCUT2D eigenvalue weighted by Crippen LogP contribution is -2.44. The molecule has 0 saturated carbocycles. The molecule has 2 rings (SSSR count). The van der Waals surface area contributed by atoms with E-state index in [1.807, 2.05) is 37.8 Å². The zero-order chi connectivity index (χ0) is 16.3. The fraction of sp³-hybridized carbons (Fsp3) is 0.556. The Kier molecular flexibility index (Phi) is 4.89. The summed E-state index contributed by atoms with van der Waals surface area (Å²) in [5, 5.41) is 3.00. The molecule has 0 radical (unpaired) electrons. The molecule has 1 saturated heterocycles. The number of nitrogens with zero attached hydrogens (tertiary/aromatic N) is 1. The van der Waals surface area contributed by atoms with Gasteiger partial charge in [0.25, 0.3) is 0 Å². The summed E-state index contributed by atoms with van der Waals surface area (Å²) in [6.45, 7) is 8.73. The van der Waals surface area contributed by atoms with E-state index < -0.39 is 0 Å². The van der Waals surface area contributed by atoms with Crippen LogP contribution in [-0.2, 0) is 16.0 Å². The lowest BCUT2D eigenvalue weighted by molar-refractivity contribution is -0.131. The monoisotopic (exact) mass is 302 g/mol. The van der Waals surface area contributed by atoms with E-state index in [1.54, 1.807) is 0 Å². The van der Waals surface area contributed by atoms with Crippen LogP contribution >= 0.6 is 0 Å². The quantitative estimate of drug-likeness (QED) is 0.928. The van der Waals surface area contributed by atoms with Gasteiger partial charge in [0.2, 0.25) is 11.8 Å². The molecule has 1 fully saturated rings. The van der Waals surface area contributed by atoms with E-state index in [2.05, 4.69) is 24.4 Å². The summed E-state index contributed by atoms with van der Waals surface area (Å²) < 4.78 is 0. The maximum absolute atomic E-state index is 12.1. The molecule has 1 atom stereocenters. The van der Waals surface area contributed by atoms with Crippen molar-refractivity contribution >= 4 is 11.8 Å². The Hall–Kier alpha value is -1.84. The standard InChI is InChI=1S/C18H26N2O2/c1-13-7-5-6-8-14(13)9-10-16(21)19-15-11-17(22)20(12-15)18(2,3)4/h5-8,15H,9-12H2,1-4H3,(H,19,21). The van der Waals surface area contributed by atoms with E-state index in [9.17, 15) is 9.59 Å². The van der Waals surface area contributed by atoms with Gasteiger partial charge in [0.1, 0.15) is 0 Å². The number of carbonyl (C=O) groups is 2. The van der Waals surface area contributed by atoms with Crippen molar-refractivity contribution in [3.63, 3.8) is 0 Å². The van der Waals surface area contributed by atoms with Crippen LogP contribution in [-0.4, -0.2) is 34.8 Å². The number of likely N-dealkylation sites (tertiary alicyclic amines) is 1. The van der Waals surface area contributed by atoms with Gasteiger partial charge < -0.3 is 10.2 Å². The van der Waals surface area contributed by atoms with Gasteiger partial charge in [-0.25, -0.2) is 0 Å². The predicted molar refractivity (Wildman–Crippen MR) is 87.5 cm³/mol. The first kappa shape index (κ1) is 16.5. The molecular formula is C18H26N2O2. The Morgan fingerprint density at radius 1 is 1.32 bits per heavy atom. The fourth-order valence-electron chi connectivity index (χ4n) is 2.89. The number of hydrogen-bond acceptors (Lipinski definition) is 2. The number of carbonyl (C=O) groups excluding carboxylic acids is 2. The Bertz CT molecular complexity index is 560. The molecule has 0 aliphatic carbocycles. The minimum Gasteiger partial charge on any atom is -0.351 e. The van der Waals surface area contributed by atoms with Crippen molar-refractivity contribution in [2.24, 2.45) is 0 Å². The number of benzene rings is 1. The number of hydrogen-bond donors (Lipinski definition) is 1. The summed E-state index contributed by atoms with van der Waals surface area (Å²) in [6, 6.07) is 8.06. The van der Waals surface area contributed by atoms with Crippen LogP contribution in [0.5, 0.6) is 0 Å². The summed E-state index contributed by atoms with van der Waals surface area (Å²) in [5.41, 5.74) is 2.24. The topological polar surface area (TPSA) is 49.4 Å². The average Bonchev–Trinajstić information content (AvgIpc) is 2.78. The second-order valence-electron chi connectivity index (χ2n) is 7.07. The molecule has 4 nitrogen and oxygen atoms in total. The number of amides is 2. The molecule has 1 heterocycles. The van der Waals surface area contributed by atoms with Crippen molar-refractivity contribution in [1.82, 2.24) is 10.2 Å². The van der Waals surface area contributed by atoms with Gasteiger partial charge in [0.05, 0.1) is 6.04 Å². The Morgan fingerprint density at radius 2 is 2.00 bits per heavy atom. The number of rotatable bonds is 4. The molecule has 4 heteroatoms. The van der Waals surface area contributed by atoms with Crippen LogP contribution in [0.1, 0.15) is 44.7 Å². The number of aryl methyl sites for hydroxylation is 2. The lowest BCUT2D eigenvalue weighted by Gasteiger charge is -2.32. The summed E-state index contributed by atoms with van der Waals surface area (Å²) in [4.78, 5) is 26.0. The SMILES string of the molecule is Cc1ccccc1CCC(=O)NC1CC(=O)N(C(C)(C)C)C1. The molecule has 1 aromatic rings. The van der Waals surface area contributed by atoms with Crippen molar-refractivity contribution in [3.05, 3.63) is 35.4 Å². The van der Waals surface area contributed by atoms with E-state index in [1.165, 1.54) is 11.1 Å². The first-order chi connectivity index (χ1) is 10.3. The van der Waals surface area contributed by atoms with Gasteiger partial charge in [-0.2, -0.15) is 0 Å². The van der Waals surface area contributed by atoms with Crippen LogP contribution in [0.25, 0.3) is 0 Å². The van der Waals surface area contributed by atoms with Crippen molar-refractivity contribution in [1.29, 1.82) is 0 Å². The van der Waals surface area contributed by atoms with Gasteiger partial charge in [0.15, 0.2) is 0 Å². The Labute approximate surface area is 132 Å². The third-order valence-electron chi connectivity index (χ3n) is 4.18. The fourth-order valence-corrected chi connectivity index (χ4v) is 2.89. The second kappa shape index (κ2) is 6.51. The largest absolute Gasteiger partial charge is 0.351 e. The van der Waals surface area contributed by atoms with E-state index in [0.29, 0.717) is 19.4 Å². The summed E-state index contributed by atoms with van der Waals surface area (Å²) >= 11 is 0. The van der Waals surface area contributed by atoms with Crippen LogP contribution in [0.2, 0.25) is 0 Å². The Balaban J connectivity index is 1.84. The van der Waals surface area contributed by atoms with Crippen molar-refractivity contribution < 1.29 is 9.59 Å². The highest BCUT2D eigenvalue weighted by Gasteiger charge is 2.36. The summed E-state index contributed by atoms with van der Waals surface area (Å²) in [5.74, 6) is 0.147. The molecule has 1 N–H and O–H groups in total. The molecule has 0 bridgehead atoms. The molecule has 1 aromatic carbocycles. The van der Waals surface area contributed by atoms with Crippen LogP contribution in [0.4, 0.5) is 0 Å². The molecular weight excluding hydrogens is 276 g/mol. The lowest BCUT2D eigenvalue weighted by atomic mass is 10.0. The zero-order valence-electron chi connectivity index (χ0n) is 14.0. The number of nitrogens with one attached hydrogen (secondary N) is 1. The average molecular weight is 302 g/mol. The van der Waals surface area contributed by atoms with Crippen molar-refractivity contribution in [2.75, 3.05) is 6.54 Å². The summed E-state index contributed by atoms with van der Waals surface area (Å²) in [7, 11) is 0. The van der Waals surface area contributed by atoms with Gasteiger partial charge in [-0.3, -0.25) is 9.59 Å². The van der Waals surface area contributed by atoms with E-state index >= 15 is 0 Å². The van der Waals surface area contributed by atoms with Crippen LogP contribution in [0.3, 0.4) is 0 Å². The first-order valence-electron chi connectivity index (χ1n) is 7.91. The molecule has 22 heavy (non-hydrogen) atoms. The molecule has 0 aromatic heterocycles. The molecule has 1 aliphatic heterocycles. The van der Waals surface area contributed by atoms with Gasteiger partial charge in [-0.05, 0) is 45.2 Å². The maximum Gasteiger partial charge on any atom is 0.225 e.